The van der Waals surface area contributed by atoms with Gasteiger partial charge in [-0.05, 0) is 23.8 Å². The maximum Gasteiger partial charge on any atom is 0.328 e. The van der Waals surface area contributed by atoms with E-state index in [4.69, 9.17) is 5.11 Å². The van der Waals surface area contributed by atoms with E-state index in [9.17, 15) is 14.4 Å². The Kier molecular flexibility index (Phi) is 4.55. The molecule has 7 nitrogen and oxygen atoms in total. The van der Waals surface area contributed by atoms with Gasteiger partial charge in [-0.1, -0.05) is 12.1 Å². The molecule has 3 amide bonds. The van der Waals surface area contributed by atoms with Crippen LogP contribution in [0.15, 0.2) is 30.3 Å². The van der Waals surface area contributed by atoms with Gasteiger partial charge in [0.2, 0.25) is 5.91 Å². The van der Waals surface area contributed by atoms with E-state index in [-0.39, 0.29) is 18.5 Å². The summed E-state index contributed by atoms with van der Waals surface area (Å²) in [6.07, 6.45) is 2.50. The Hall–Kier alpha value is -2.83. The first-order valence-corrected chi connectivity index (χ1v) is 6.38. The second-order valence-corrected chi connectivity index (χ2v) is 4.50. The zero-order valence-corrected chi connectivity index (χ0v) is 11.2. The topological polar surface area (TPSA) is 98.7 Å². The van der Waals surface area contributed by atoms with Gasteiger partial charge in [-0.25, -0.2) is 9.59 Å². The molecule has 1 aromatic rings. The Morgan fingerprint density at radius 2 is 2.00 bits per heavy atom. The molecule has 1 saturated heterocycles. The minimum Gasteiger partial charge on any atom is -0.478 e. The molecule has 1 fully saturated rings. The van der Waals surface area contributed by atoms with Crippen LogP contribution in [0.2, 0.25) is 0 Å². The van der Waals surface area contributed by atoms with Crippen LogP contribution >= 0.6 is 0 Å². The van der Waals surface area contributed by atoms with Crippen LogP contribution in [0.4, 0.5) is 10.5 Å². The molecule has 1 aliphatic heterocycles. The van der Waals surface area contributed by atoms with Gasteiger partial charge in [0.1, 0.15) is 6.54 Å². The molecule has 0 saturated carbocycles. The zero-order valence-electron chi connectivity index (χ0n) is 11.2. The molecule has 110 valence electrons. The van der Waals surface area contributed by atoms with E-state index in [0.29, 0.717) is 24.3 Å². The summed E-state index contributed by atoms with van der Waals surface area (Å²) in [5.41, 5.74) is 1.30. The predicted octanol–water partition coefficient (Wildman–Crippen LogP) is 0.748. The number of carboxylic acid groups (broad SMARTS) is 1. The molecular formula is C14H15N3O4. The molecule has 1 heterocycles. The Bertz CT molecular complexity index is 580. The largest absolute Gasteiger partial charge is 0.478 e. The van der Waals surface area contributed by atoms with E-state index in [1.54, 1.807) is 24.3 Å². The summed E-state index contributed by atoms with van der Waals surface area (Å²) in [5, 5.41) is 13.9. The van der Waals surface area contributed by atoms with Gasteiger partial charge in [0.05, 0.1) is 0 Å². The zero-order chi connectivity index (χ0) is 15.2. The fourth-order valence-corrected chi connectivity index (χ4v) is 1.86. The van der Waals surface area contributed by atoms with Crippen LogP contribution < -0.4 is 10.6 Å². The summed E-state index contributed by atoms with van der Waals surface area (Å²) in [7, 11) is 0. The van der Waals surface area contributed by atoms with Crippen molar-refractivity contribution >= 4 is 29.7 Å². The van der Waals surface area contributed by atoms with Crippen LogP contribution in [0.3, 0.4) is 0 Å². The first-order chi connectivity index (χ1) is 10.0. The van der Waals surface area contributed by atoms with Crippen LogP contribution in [0.1, 0.15) is 5.56 Å². The molecule has 7 heteroatoms. The lowest BCUT2D eigenvalue weighted by atomic mass is 10.2. The van der Waals surface area contributed by atoms with Crippen molar-refractivity contribution in [3.63, 3.8) is 0 Å². The van der Waals surface area contributed by atoms with Gasteiger partial charge in [0.15, 0.2) is 0 Å². The van der Waals surface area contributed by atoms with Gasteiger partial charge in [0, 0.05) is 24.9 Å². The summed E-state index contributed by atoms with van der Waals surface area (Å²) in [4.78, 5) is 35.0. The number of piperazine rings is 1. The molecular weight excluding hydrogens is 274 g/mol. The fourth-order valence-electron chi connectivity index (χ4n) is 1.86. The molecule has 1 aliphatic rings. The van der Waals surface area contributed by atoms with Crippen LogP contribution in [0, 0.1) is 0 Å². The van der Waals surface area contributed by atoms with Crippen LogP contribution in [0.5, 0.6) is 0 Å². The lowest BCUT2D eigenvalue weighted by Gasteiger charge is -2.26. The second-order valence-electron chi connectivity index (χ2n) is 4.50. The number of anilines is 1. The summed E-state index contributed by atoms with van der Waals surface area (Å²) >= 11 is 0. The van der Waals surface area contributed by atoms with E-state index in [1.807, 2.05) is 0 Å². The molecule has 0 spiro atoms. The molecule has 1 aromatic carbocycles. The van der Waals surface area contributed by atoms with Gasteiger partial charge in [-0.15, -0.1) is 0 Å². The van der Waals surface area contributed by atoms with Gasteiger partial charge in [-0.2, -0.15) is 0 Å². The first kappa shape index (κ1) is 14.6. The van der Waals surface area contributed by atoms with Gasteiger partial charge in [0.25, 0.3) is 0 Å². The average molecular weight is 289 g/mol. The van der Waals surface area contributed by atoms with Crippen molar-refractivity contribution in [2.45, 2.75) is 0 Å². The Morgan fingerprint density at radius 1 is 1.29 bits per heavy atom. The SMILES string of the molecule is O=C(O)C=Cc1ccc(NC(=O)N2CCNC(=O)C2)cc1. The van der Waals surface area contributed by atoms with Crippen LogP contribution in [-0.4, -0.2) is 47.5 Å². The fraction of sp³-hybridized carbons (Fsp3) is 0.214. The third kappa shape index (κ3) is 4.34. The molecule has 3 N–H and O–H groups in total. The Labute approximate surface area is 121 Å². The molecule has 0 radical (unpaired) electrons. The third-order valence-electron chi connectivity index (χ3n) is 2.91. The maximum absolute atomic E-state index is 12.0. The molecule has 0 aliphatic carbocycles. The smallest absolute Gasteiger partial charge is 0.328 e. The number of carbonyl (C=O) groups excluding carboxylic acids is 2. The average Bonchev–Trinajstić information content (AvgIpc) is 2.46. The first-order valence-electron chi connectivity index (χ1n) is 6.38. The van der Waals surface area contributed by atoms with Crippen molar-refractivity contribution in [3.8, 4) is 0 Å². The number of nitrogens with one attached hydrogen (secondary N) is 2. The highest BCUT2D eigenvalue weighted by molar-refractivity contribution is 5.93. The number of nitrogens with zero attached hydrogens (tertiary/aromatic N) is 1. The van der Waals surface area contributed by atoms with Crippen LogP contribution in [0.25, 0.3) is 6.08 Å². The van der Waals surface area contributed by atoms with Gasteiger partial charge in [-0.3, -0.25) is 4.79 Å². The normalized spacial score (nSPS) is 14.9. The van der Waals surface area contributed by atoms with Crippen molar-refractivity contribution < 1.29 is 19.5 Å². The van der Waals surface area contributed by atoms with Crippen molar-refractivity contribution in [1.29, 1.82) is 0 Å². The van der Waals surface area contributed by atoms with Gasteiger partial charge >= 0.3 is 12.0 Å². The van der Waals surface area contributed by atoms with Gasteiger partial charge < -0.3 is 20.6 Å². The lowest BCUT2D eigenvalue weighted by molar-refractivity contribution is -0.131. The number of rotatable bonds is 3. The predicted molar refractivity (Wildman–Crippen MR) is 76.7 cm³/mol. The summed E-state index contributed by atoms with van der Waals surface area (Å²) in [6.45, 7) is 0.966. The van der Waals surface area contributed by atoms with Crippen molar-refractivity contribution in [3.05, 3.63) is 35.9 Å². The Balaban J connectivity index is 1.95. The van der Waals surface area contributed by atoms with E-state index in [1.165, 1.54) is 11.0 Å². The summed E-state index contributed by atoms with van der Waals surface area (Å²) in [6, 6.07) is 6.39. The van der Waals surface area contributed by atoms with Crippen LogP contribution in [-0.2, 0) is 9.59 Å². The number of amides is 3. The monoisotopic (exact) mass is 289 g/mol. The summed E-state index contributed by atoms with van der Waals surface area (Å²) < 4.78 is 0. The standard InChI is InChI=1S/C14H15N3O4/c18-12-9-17(8-7-15-12)14(21)16-11-4-1-10(2-5-11)3-6-13(19)20/h1-6H,7-9H2,(H,15,18)(H,16,21)(H,19,20). The number of carbonyl (C=O) groups is 3. The lowest BCUT2D eigenvalue weighted by Crippen LogP contribution is -2.51. The van der Waals surface area contributed by atoms with Crippen molar-refractivity contribution in [1.82, 2.24) is 10.2 Å². The van der Waals surface area contributed by atoms with E-state index in [0.717, 1.165) is 6.08 Å². The number of hydrogen-bond acceptors (Lipinski definition) is 3. The number of carboxylic acids is 1. The highest BCUT2D eigenvalue weighted by atomic mass is 16.4. The molecule has 0 unspecified atom stereocenters. The molecule has 0 bridgehead atoms. The number of aliphatic carboxylic acids is 1. The Morgan fingerprint density at radius 3 is 2.62 bits per heavy atom. The highest BCUT2D eigenvalue weighted by Crippen LogP contribution is 2.12. The number of urea groups is 1. The molecule has 0 aromatic heterocycles. The quantitative estimate of drug-likeness (QED) is 0.715. The second kappa shape index (κ2) is 6.56. The van der Waals surface area contributed by atoms with Crippen molar-refractivity contribution in [2.24, 2.45) is 0 Å². The molecule has 21 heavy (non-hydrogen) atoms. The molecule has 2 rings (SSSR count). The summed E-state index contributed by atoms with van der Waals surface area (Å²) in [5.74, 6) is -1.19. The minimum atomic E-state index is -1.02. The van der Waals surface area contributed by atoms with Crippen molar-refractivity contribution in [2.75, 3.05) is 25.0 Å². The van der Waals surface area contributed by atoms with E-state index < -0.39 is 5.97 Å². The highest BCUT2D eigenvalue weighted by Gasteiger charge is 2.20. The van der Waals surface area contributed by atoms with E-state index >= 15 is 0 Å². The maximum atomic E-state index is 12.0. The minimum absolute atomic E-state index is 0.0469. The molecule has 0 atom stereocenters. The van der Waals surface area contributed by atoms with E-state index in [2.05, 4.69) is 10.6 Å². The number of benzene rings is 1. The number of hydrogen-bond donors (Lipinski definition) is 3. The third-order valence-corrected chi connectivity index (χ3v) is 2.91.